The molecular weight excluding hydrogens is 226 g/mol. The van der Waals surface area contributed by atoms with E-state index in [9.17, 15) is 0 Å². The van der Waals surface area contributed by atoms with E-state index >= 15 is 0 Å². The van der Waals surface area contributed by atoms with E-state index in [2.05, 4.69) is 5.32 Å². The first-order valence-corrected chi connectivity index (χ1v) is 7.84. The second-order valence-electron chi connectivity index (χ2n) is 6.34. The number of hydrogen-bond acceptors (Lipinski definition) is 3. The Balaban J connectivity index is 1.52. The molecule has 2 heterocycles. The Morgan fingerprint density at radius 1 is 0.833 bits per heavy atom. The van der Waals surface area contributed by atoms with Crippen LogP contribution in [-0.4, -0.2) is 37.5 Å². The maximum Gasteiger partial charge on any atom is 0.0697 e. The predicted octanol–water partition coefficient (Wildman–Crippen LogP) is 2.64. The molecule has 1 aliphatic carbocycles. The average Bonchev–Trinajstić information content (AvgIpc) is 2.41. The molecule has 3 nitrogen and oxygen atoms in total. The van der Waals surface area contributed by atoms with Crippen LogP contribution in [0.5, 0.6) is 0 Å². The van der Waals surface area contributed by atoms with Crippen molar-refractivity contribution < 1.29 is 9.47 Å². The first-order valence-electron chi connectivity index (χ1n) is 7.84. The highest BCUT2D eigenvalue weighted by atomic mass is 16.5. The van der Waals surface area contributed by atoms with Crippen LogP contribution >= 0.6 is 0 Å². The van der Waals surface area contributed by atoms with Crippen LogP contribution in [0.15, 0.2) is 0 Å². The van der Waals surface area contributed by atoms with Gasteiger partial charge in [0.05, 0.1) is 5.60 Å². The Morgan fingerprint density at radius 3 is 2.33 bits per heavy atom. The summed E-state index contributed by atoms with van der Waals surface area (Å²) in [6, 6.07) is 1.36. The van der Waals surface area contributed by atoms with Gasteiger partial charge in [0, 0.05) is 31.9 Å². The molecule has 0 aromatic carbocycles. The Kier molecular flexibility index (Phi) is 4.22. The summed E-state index contributed by atoms with van der Waals surface area (Å²) in [5.74, 6) is 0. The first kappa shape index (κ1) is 12.9. The molecule has 2 aliphatic heterocycles. The number of rotatable bonds is 2. The summed E-state index contributed by atoms with van der Waals surface area (Å²) < 4.78 is 11.6. The Labute approximate surface area is 111 Å². The molecular formula is C15H27NO2. The molecule has 3 heteroatoms. The zero-order chi connectivity index (χ0) is 12.3. The number of ether oxygens (including phenoxy) is 2. The molecule has 1 saturated carbocycles. The van der Waals surface area contributed by atoms with Crippen molar-refractivity contribution in [2.24, 2.45) is 0 Å². The van der Waals surface area contributed by atoms with Crippen LogP contribution in [0.1, 0.15) is 57.8 Å². The van der Waals surface area contributed by atoms with Crippen LogP contribution in [0.4, 0.5) is 0 Å². The Hall–Kier alpha value is -0.120. The molecule has 1 atom stereocenters. The van der Waals surface area contributed by atoms with Gasteiger partial charge < -0.3 is 14.8 Å². The van der Waals surface area contributed by atoms with Crippen LogP contribution in [-0.2, 0) is 9.47 Å². The lowest BCUT2D eigenvalue weighted by molar-refractivity contribution is -0.110. The molecule has 1 N–H and O–H groups in total. The molecule has 0 radical (unpaired) electrons. The van der Waals surface area contributed by atoms with Crippen molar-refractivity contribution in [3.05, 3.63) is 0 Å². The standard InChI is InChI=1S/C15H27NO2/c1-2-7-15(8-3-1)12-14(6-11-18-15)16-13-4-9-17-10-5-13/h13-14,16H,1-12H2. The highest BCUT2D eigenvalue weighted by Crippen LogP contribution is 2.38. The van der Waals surface area contributed by atoms with Gasteiger partial charge in [-0.2, -0.15) is 0 Å². The van der Waals surface area contributed by atoms with Crippen molar-refractivity contribution in [3.8, 4) is 0 Å². The fraction of sp³-hybridized carbons (Fsp3) is 1.00. The lowest BCUT2D eigenvalue weighted by Crippen LogP contribution is -2.51. The molecule has 0 aromatic rings. The number of hydrogen-bond donors (Lipinski definition) is 1. The minimum absolute atomic E-state index is 0.235. The monoisotopic (exact) mass is 253 g/mol. The molecule has 3 rings (SSSR count). The second-order valence-corrected chi connectivity index (χ2v) is 6.34. The normalized spacial score (nSPS) is 33.7. The van der Waals surface area contributed by atoms with Crippen LogP contribution in [0, 0.1) is 0 Å². The molecule has 0 aromatic heterocycles. The van der Waals surface area contributed by atoms with Gasteiger partial charge in [-0.3, -0.25) is 0 Å². The molecule has 2 saturated heterocycles. The van der Waals surface area contributed by atoms with E-state index < -0.39 is 0 Å². The maximum absolute atomic E-state index is 6.16. The lowest BCUT2D eigenvalue weighted by atomic mass is 9.78. The molecule has 104 valence electrons. The van der Waals surface area contributed by atoms with Crippen molar-refractivity contribution in [3.63, 3.8) is 0 Å². The van der Waals surface area contributed by atoms with Crippen LogP contribution in [0.2, 0.25) is 0 Å². The SMILES string of the molecule is C1CCC2(CC1)CC(NC1CCOCC1)CCO2. The smallest absolute Gasteiger partial charge is 0.0697 e. The van der Waals surface area contributed by atoms with E-state index in [-0.39, 0.29) is 5.60 Å². The predicted molar refractivity (Wildman–Crippen MR) is 71.8 cm³/mol. The summed E-state index contributed by atoms with van der Waals surface area (Å²) in [6.45, 7) is 2.83. The van der Waals surface area contributed by atoms with Gasteiger partial charge >= 0.3 is 0 Å². The summed E-state index contributed by atoms with van der Waals surface area (Å²) >= 11 is 0. The van der Waals surface area contributed by atoms with E-state index in [1.54, 1.807) is 0 Å². The molecule has 0 amide bonds. The van der Waals surface area contributed by atoms with Gasteiger partial charge in [-0.1, -0.05) is 19.3 Å². The van der Waals surface area contributed by atoms with Gasteiger partial charge in [0.1, 0.15) is 0 Å². The fourth-order valence-electron chi connectivity index (χ4n) is 3.91. The maximum atomic E-state index is 6.16. The van der Waals surface area contributed by atoms with Crippen molar-refractivity contribution in [1.29, 1.82) is 0 Å². The minimum atomic E-state index is 0.235. The van der Waals surface area contributed by atoms with E-state index in [0.717, 1.165) is 19.8 Å². The zero-order valence-corrected chi connectivity index (χ0v) is 11.5. The highest BCUT2D eigenvalue weighted by molar-refractivity contribution is 4.93. The summed E-state index contributed by atoms with van der Waals surface area (Å²) in [6.07, 6.45) is 11.5. The third kappa shape index (κ3) is 3.06. The molecule has 1 unspecified atom stereocenters. The van der Waals surface area contributed by atoms with E-state index in [1.165, 1.54) is 57.8 Å². The Bertz CT molecular complexity index is 252. The van der Waals surface area contributed by atoms with Gasteiger partial charge in [0.15, 0.2) is 0 Å². The van der Waals surface area contributed by atoms with Crippen LogP contribution in [0.3, 0.4) is 0 Å². The van der Waals surface area contributed by atoms with Gasteiger partial charge in [0.25, 0.3) is 0 Å². The van der Waals surface area contributed by atoms with E-state index in [1.807, 2.05) is 0 Å². The van der Waals surface area contributed by atoms with Gasteiger partial charge in [-0.15, -0.1) is 0 Å². The zero-order valence-electron chi connectivity index (χ0n) is 11.5. The fourth-order valence-corrected chi connectivity index (χ4v) is 3.91. The van der Waals surface area contributed by atoms with Crippen molar-refractivity contribution in [2.45, 2.75) is 75.5 Å². The van der Waals surface area contributed by atoms with Gasteiger partial charge in [-0.25, -0.2) is 0 Å². The van der Waals surface area contributed by atoms with Gasteiger partial charge in [0.2, 0.25) is 0 Å². The third-order valence-corrected chi connectivity index (χ3v) is 4.95. The topological polar surface area (TPSA) is 30.5 Å². The number of nitrogens with one attached hydrogen (secondary N) is 1. The summed E-state index contributed by atoms with van der Waals surface area (Å²) in [5, 5.41) is 3.87. The lowest BCUT2D eigenvalue weighted by Gasteiger charge is -2.44. The Morgan fingerprint density at radius 2 is 1.56 bits per heavy atom. The summed E-state index contributed by atoms with van der Waals surface area (Å²) in [4.78, 5) is 0. The second kappa shape index (κ2) is 5.89. The third-order valence-electron chi connectivity index (χ3n) is 4.95. The first-order chi connectivity index (χ1) is 8.86. The summed E-state index contributed by atoms with van der Waals surface area (Å²) in [5.41, 5.74) is 0.235. The van der Waals surface area contributed by atoms with E-state index in [0.29, 0.717) is 12.1 Å². The largest absolute Gasteiger partial charge is 0.381 e. The van der Waals surface area contributed by atoms with Crippen LogP contribution in [0.25, 0.3) is 0 Å². The van der Waals surface area contributed by atoms with Crippen molar-refractivity contribution in [2.75, 3.05) is 19.8 Å². The molecule has 3 fully saturated rings. The highest BCUT2D eigenvalue weighted by Gasteiger charge is 2.38. The molecule has 3 aliphatic rings. The molecule has 18 heavy (non-hydrogen) atoms. The molecule has 1 spiro atoms. The average molecular weight is 253 g/mol. The quantitative estimate of drug-likeness (QED) is 0.820. The minimum Gasteiger partial charge on any atom is -0.381 e. The van der Waals surface area contributed by atoms with Crippen molar-refractivity contribution in [1.82, 2.24) is 5.32 Å². The van der Waals surface area contributed by atoms with Gasteiger partial charge in [-0.05, 0) is 38.5 Å². The summed E-state index contributed by atoms with van der Waals surface area (Å²) in [7, 11) is 0. The molecule has 0 bridgehead atoms. The van der Waals surface area contributed by atoms with Crippen LogP contribution < -0.4 is 5.32 Å². The van der Waals surface area contributed by atoms with Crippen molar-refractivity contribution >= 4 is 0 Å². The van der Waals surface area contributed by atoms with E-state index in [4.69, 9.17) is 9.47 Å².